The number of nitrogens with one attached hydrogen (secondary N) is 1. The number of para-hydroxylation sites is 1. The highest BCUT2D eigenvalue weighted by Crippen LogP contribution is 2.23. The standard InChI is InChI=1S/C22H19N3O3S/c1-2-17-14-29-21(23-17)24-20(26)19-12-16-10-6-7-11-18(16)25(19)22(27)28-13-15-8-4-3-5-9-15/h3-12,14H,2,13H2,1H3,(H,23,24,26). The Hall–Kier alpha value is -3.45. The molecule has 7 heteroatoms. The van der Waals surface area contributed by atoms with Gasteiger partial charge in [0.1, 0.15) is 12.3 Å². The van der Waals surface area contributed by atoms with Gasteiger partial charge in [0.05, 0.1) is 11.2 Å². The lowest BCUT2D eigenvalue weighted by atomic mass is 10.2. The zero-order chi connectivity index (χ0) is 20.2. The topological polar surface area (TPSA) is 73.2 Å². The first-order valence-corrected chi connectivity index (χ1v) is 10.1. The fraction of sp³-hybridized carbons (Fsp3) is 0.136. The van der Waals surface area contributed by atoms with Crippen molar-refractivity contribution in [3.63, 3.8) is 0 Å². The number of benzene rings is 2. The molecular weight excluding hydrogens is 386 g/mol. The summed E-state index contributed by atoms with van der Waals surface area (Å²) in [5.74, 6) is -0.408. The number of nitrogens with zero attached hydrogens (tertiary/aromatic N) is 2. The van der Waals surface area contributed by atoms with E-state index in [4.69, 9.17) is 4.74 Å². The third kappa shape index (κ3) is 4.05. The molecule has 29 heavy (non-hydrogen) atoms. The van der Waals surface area contributed by atoms with E-state index in [2.05, 4.69) is 10.3 Å². The molecule has 146 valence electrons. The summed E-state index contributed by atoms with van der Waals surface area (Å²) in [5, 5.41) is 5.97. The van der Waals surface area contributed by atoms with E-state index in [1.807, 2.05) is 60.8 Å². The van der Waals surface area contributed by atoms with Gasteiger partial charge in [0.15, 0.2) is 5.13 Å². The maximum absolute atomic E-state index is 12.9. The van der Waals surface area contributed by atoms with Crippen LogP contribution in [-0.2, 0) is 17.8 Å². The maximum atomic E-state index is 12.9. The Morgan fingerprint density at radius 2 is 1.86 bits per heavy atom. The first-order chi connectivity index (χ1) is 14.2. The third-order valence-electron chi connectivity index (χ3n) is 4.47. The largest absolute Gasteiger partial charge is 0.444 e. The minimum atomic E-state index is -0.603. The van der Waals surface area contributed by atoms with Crippen LogP contribution in [0, 0.1) is 0 Å². The summed E-state index contributed by atoms with van der Waals surface area (Å²) in [6, 6.07) is 18.4. The first kappa shape index (κ1) is 18.9. The summed E-state index contributed by atoms with van der Waals surface area (Å²) >= 11 is 1.36. The molecular formula is C22H19N3O3S. The minimum Gasteiger partial charge on any atom is -0.444 e. The number of amides is 1. The van der Waals surface area contributed by atoms with Crippen LogP contribution in [0.25, 0.3) is 10.9 Å². The van der Waals surface area contributed by atoms with Crippen molar-refractivity contribution < 1.29 is 14.3 Å². The predicted octanol–water partition coefficient (Wildman–Crippen LogP) is 5.10. The van der Waals surface area contributed by atoms with Crippen molar-refractivity contribution >= 4 is 39.4 Å². The Balaban J connectivity index is 1.63. The highest BCUT2D eigenvalue weighted by atomic mass is 32.1. The number of thiazole rings is 1. The van der Waals surface area contributed by atoms with Crippen molar-refractivity contribution in [1.82, 2.24) is 9.55 Å². The van der Waals surface area contributed by atoms with E-state index >= 15 is 0 Å². The molecule has 2 aromatic heterocycles. The van der Waals surface area contributed by atoms with Gasteiger partial charge in [0.25, 0.3) is 5.91 Å². The first-order valence-electron chi connectivity index (χ1n) is 9.23. The van der Waals surface area contributed by atoms with E-state index in [-0.39, 0.29) is 12.3 Å². The van der Waals surface area contributed by atoms with Gasteiger partial charge in [-0.15, -0.1) is 11.3 Å². The Labute approximate surface area is 171 Å². The monoisotopic (exact) mass is 405 g/mol. The van der Waals surface area contributed by atoms with E-state index in [9.17, 15) is 9.59 Å². The van der Waals surface area contributed by atoms with Gasteiger partial charge in [-0.05, 0) is 24.1 Å². The quantitative estimate of drug-likeness (QED) is 0.501. The minimum absolute atomic E-state index is 0.125. The molecule has 0 radical (unpaired) electrons. The van der Waals surface area contributed by atoms with Crippen LogP contribution < -0.4 is 5.32 Å². The van der Waals surface area contributed by atoms with Crippen LogP contribution in [0.3, 0.4) is 0 Å². The molecule has 0 spiro atoms. The van der Waals surface area contributed by atoms with Crippen LogP contribution in [0.1, 0.15) is 28.7 Å². The lowest BCUT2D eigenvalue weighted by molar-refractivity contribution is 0.101. The third-order valence-corrected chi connectivity index (χ3v) is 5.27. The van der Waals surface area contributed by atoms with Crippen molar-refractivity contribution in [1.29, 1.82) is 0 Å². The summed E-state index contributed by atoms with van der Waals surface area (Å²) in [4.78, 5) is 30.1. The second kappa shape index (κ2) is 8.28. The number of ether oxygens (including phenoxy) is 1. The number of hydrogen-bond acceptors (Lipinski definition) is 5. The molecule has 4 aromatic rings. The Morgan fingerprint density at radius 1 is 1.10 bits per heavy atom. The molecule has 0 aliphatic rings. The smallest absolute Gasteiger partial charge is 0.419 e. The highest BCUT2D eigenvalue weighted by molar-refractivity contribution is 7.14. The molecule has 2 aromatic carbocycles. The van der Waals surface area contributed by atoms with Crippen LogP contribution >= 0.6 is 11.3 Å². The van der Waals surface area contributed by atoms with Crippen LogP contribution in [0.2, 0.25) is 0 Å². The van der Waals surface area contributed by atoms with Crippen LogP contribution in [-0.4, -0.2) is 21.6 Å². The number of aryl methyl sites for hydroxylation is 1. The Morgan fingerprint density at radius 3 is 2.62 bits per heavy atom. The molecule has 0 atom stereocenters. The zero-order valence-corrected chi connectivity index (χ0v) is 16.6. The molecule has 4 rings (SSSR count). The molecule has 0 fully saturated rings. The highest BCUT2D eigenvalue weighted by Gasteiger charge is 2.22. The molecule has 0 bridgehead atoms. The number of fused-ring (bicyclic) bond motifs is 1. The SMILES string of the molecule is CCc1csc(NC(=O)c2cc3ccccc3n2C(=O)OCc2ccccc2)n1. The van der Waals surface area contributed by atoms with Gasteiger partial charge in [0.2, 0.25) is 0 Å². The van der Waals surface area contributed by atoms with Gasteiger partial charge >= 0.3 is 6.09 Å². The number of rotatable bonds is 5. The van der Waals surface area contributed by atoms with E-state index in [0.717, 1.165) is 23.1 Å². The predicted molar refractivity (Wildman–Crippen MR) is 113 cm³/mol. The fourth-order valence-electron chi connectivity index (χ4n) is 2.99. The molecule has 0 aliphatic carbocycles. The average Bonchev–Trinajstić information content (AvgIpc) is 3.37. The normalized spacial score (nSPS) is 10.8. The molecule has 1 N–H and O–H groups in total. The van der Waals surface area contributed by atoms with Crippen molar-refractivity contribution in [3.8, 4) is 0 Å². The summed E-state index contributed by atoms with van der Waals surface area (Å²) in [7, 11) is 0. The van der Waals surface area contributed by atoms with Gasteiger partial charge in [-0.3, -0.25) is 10.1 Å². The van der Waals surface area contributed by atoms with Gasteiger partial charge < -0.3 is 4.74 Å². The second-order valence-corrected chi connectivity index (χ2v) is 7.27. The molecule has 0 unspecified atom stereocenters. The molecule has 1 amide bonds. The van der Waals surface area contributed by atoms with Crippen molar-refractivity contribution in [3.05, 3.63) is 83.0 Å². The summed E-state index contributed by atoms with van der Waals surface area (Å²) in [5.41, 5.74) is 2.60. The van der Waals surface area contributed by atoms with E-state index in [0.29, 0.717) is 10.6 Å². The summed E-state index contributed by atoms with van der Waals surface area (Å²) < 4.78 is 6.78. The second-order valence-electron chi connectivity index (χ2n) is 6.42. The molecule has 0 saturated carbocycles. The van der Waals surface area contributed by atoms with Crippen molar-refractivity contribution in [2.75, 3.05) is 5.32 Å². The summed E-state index contributed by atoms with van der Waals surface area (Å²) in [6.07, 6.45) is 0.187. The molecule has 2 heterocycles. The van der Waals surface area contributed by atoms with E-state index < -0.39 is 12.0 Å². The van der Waals surface area contributed by atoms with Crippen LogP contribution in [0.4, 0.5) is 9.93 Å². The lowest BCUT2D eigenvalue weighted by Crippen LogP contribution is -2.22. The number of aromatic nitrogens is 2. The van der Waals surface area contributed by atoms with E-state index in [1.54, 1.807) is 12.1 Å². The molecule has 0 aliphatic heterocycles. The van der Waals surface area contributed by atoms with Gasteiger partial charge in [0, 0.05) is 10.8 Å². The van der Waals surface area contributed by atoms with Gasteiger partial charge in [-0.1, -0.05) is 55.5 Å². The Kier molecular flexibility index (Phi) is 5.39. The number of anilines is 1. The lowest BCUT2D eigenvalue weighted by Gasteiger charge is -2.10. The Bertz CT molecular complexity index is 1160. The van der Waals surface area contributed by atoms with Gasteiger partial charge in [-0.2, -0.15) is 0 Å². The van der Waals surface area contributed by atoms with Gasteiger partial charge in [-0.25, -0.2) is 14.3 Å². The number of carbonyl (C=O) groups excluding carboxylic acids is 2. The van der Waals surface area contributed by atoms with Crippen molar-refractivity contribution in [2.45, 2.75) is 20.0 Å². The number of hydrogen-bond donors (Lipinski definition) is 1. The van der Waals surface area contributed by atoms with E-state index in [1.165, 1.54) is 15.9 Å². The molecule has 6 nitrogen and oxygen atoms in total. The maximum Gasteiger partial charge on any atom is 0.419 e. The zero-order valence-electron chi connectivity index (χ0n) is 15.8. The van der Waals surface area contributed by atoms with Crippen molar-refractivity contribution in [2.24, 2.45) is 0 Å². The van der Waals surface area contributed by atoms with Crippen LogP contribution in [0.5, 0.6) is 0 Å². The fourth-order valence-corrected chi connectivity index (χ4v) is 3.78. The molecule has 0 saturated heterocycles. The average molecular weight is 405 g/mol. The summed E-state index contributed by atoms with van der Waals surface area (Å²) in [6.45, 7) is 2.13. The number of carbonyl (C=O) groups is 2. The van der Waals surface area contributed by atoms with Crippen LogP contribution in [0.15, 0.2) is 66.0 Å².